The number of thioether (sulfide) groups is 1. The van der Waals surface area contributed by atoms with Gasteiger partial charge in [-0.15, -0.1) is 0 Å². The van der Waals surface area contributed by atoms with Gasteiger partial charge in [0.2, 0.25) is 5.91 Å². The van der Waals surface area contributed by atoms with Crippen molar-refractivity contribution in [3.8, 4) is 11.5 Å². The zero-order valence-corrected chi connectivity index (χ0v) is 21.5. The third-order valence-corrected chi connectivity index (χ3v) is 6.59. The van der Waals surface area contributed by atoms with E-state index in [-0.39, 0.29) is 32.0 Å². The Morgan fingerprint density at radius 1 is 1.00 bits per heavy atom. The molecular formula is C26H18Cl2N2O6S. The molecule has 3 amide bonds. The summed E-state index contributed by atoms with van der Waals surface area (Å²) in [4.78, 5) is 51.1. The number of amides is 3. The van der Waals surface area contributed by atoms with E-state index < -0.39 is 29.6 Å². The van der Waals surface area contributed by atoms with E-state index in [9.17, 15) is 19.2 Å². The number of esters is 1. The molecule has 0 atom stereocenters. The molecule has 3 aromatic rings. The minimum Gasteiger partial charge on any atom is -0.493 e. The standard InChI is InChI=1S/C26H18Cl2N2O6S/c1-35-20-12-15(11-19(28)23(20)36-25(33)17-9-5-6-10-18(17)27)13-21-24(32)30(26(34)37-21)14-22(31)29-16-7-3-2-4-8-16/h2-13H,14H2,1H3,(H,29,31)/b21-13-. The number of nitrogens with zero attached hydrogens (tertiary/aromatic N) is 1. The summed E-state index contributed by atoms with van der Waals surface area (Å²) in [5, 5.41) is 2.31. The van der Waals surface area contributed by atoms with Crippen molar-refractivity contribution in [3.05, 3.63) is 92.8 Å². The highest BCUT2D eigenvalue weighted by molar-refractivity contribution is 8.18. The SMILES string of the molecule is COc1cc(/C=C2\SC(=O)N(CC(=O)Nc3ccccc3)C2=O)cc(Cl)c1OC(=O)c1ccccc1Cl. The molecule has 8 nitrogen and oxygen atoms in total. The fourth-order valence-corrected chi connectivity index (χ4v) is 4.66. The van der Waals surface area contributed by atoms with Gasteiger partial charge in [-0.25, -0.2) is 4.79 Å². The van der Waals surface area contributed by atoms with Crippen LogP contribution in [0, 0.1) is 0 Å². The predicted molar refractivity (Wildman–Crippen MR) is 142 cm³/mol. The van der Waals surface area contributed by atoms with Crippen molar-refractivity contribution in [2.24, 2.45) is 0 Å². The first-order valence-corrected chi connectivity index (χ1v) is 12.3. The molecule has 188 valence electrons. The van der Waals surface area contributed by atoms with E-state index in [2.05, 4.69) is 5.32 Å². The van der Waals surface area contributed by atoms with Gasteiger partial charge in [-0.2, -0.15) is 0 Å². The third kappa shape index (κ3) is 6.14. The molecule has 0 unspecified atom stereocenters. The summed E-state index contributed by atoms with van der Waals surface area (Å²) < 4.78 is 10.8. The number of rotatable bonds is 7. The molecule has 0 radical (unpaired) electrons. The molecule has 37 heavy (non-hydrogen) atoms. The van der Waals surface area contributed by atoms with Gasteiger partial charge in [0, 0.05) is 5.69 Å². The number of imide groups is 1. The Balaban J connectivity index is 1.51. The average molecular weight is 557 g/mol. The van der Waals surface area contributed by atoms with Crippen LogP contribution in [0.5, 0.6) is 11.5 Å². The smallest absolute Gasteiger partial charge is 0.345 e. The lowest BCUT2D eigenvalue weighted by atomic mass is 10.1. The lowest BCUT2D eigenvalue weighted by Crippen LogP contribution is -2.36. The Hall–Kier alpha value is -3.79. The molecule has 4 rings (SSSR count). The van der Waals surface area contributed by atoms with Crippen LogP contribution in [0.1, 0.15) is 15.9 Å². The molecule has 1 heterocycles. The quantitative estimate of drug-likeness (QED) is 0.219. The highest BCUT2D eigenvalue weighted by atomic mass is 35.5. The highest BCUT2D eigenvalue weighted by Gasteiger charge is 2.36. The van der Waals surface area contributed by atoms with E-state index >= 15 is 0 Å². The number of carbonyl (C=O) groups is 4. The largest absolute Gasteiger partial charge is 0.493 e. The summed E-state index contributed by atoms with van der Waals surface area (Å²) in [6, 6.07) is 18.0. The third-order valence-electron chi connectivity index (χ3n) is 5.07. The Bertz CT molecular complexity index is 1430. The van der Waals surface area contributed by atoms with Crippen LogP contribution < -0.4 is 14.8 Å². The van der Waals surface area contributed by atoms with Crippen molar-refractivity contribution in [2.45, 2.75) is 0 Å². The molecule has 0 aliphatic carbocycles. The number of benzene rings is 3. The van der Waals surface area contributed by atoms with Crippen LogP contribution in [0.2, 0.25) is 10.0 Å². The van der Waals surface area contributed by atoms with Gasteiger partial charge in [-0.3, -0.25) is 19.3 Å². The Kier molecular flexibility index (Phi) is 8.17. The second-order valence-electron chi connectivity index (χ2n) is 7.59. The van der Waals surface area contributed by atoms with Crippen LogP contribution in [-0.4, -0.2) is 41.6 Å². The molecule has 1 saturated heterocycles. The second-order valence-corrected chi connectivity index (χ2v) is 9.39. The number of hydrogen-bond acceptors (Lipinski definition) is 7. The van der Waals surface area contributed by atoms with Gasteiger partial charge in [0.1, 0.15) is 6.54 Å². The normalized spacial score (nSPS) is 14.1. The van der Waals surface area contributed by atoms with Gasteiger partial charge in [0.25, 0.3) is 11.1 Å². The number of hydrogen-bond donors (Lipinski definition) is 1. The molecule has 0 spiro atoms. The van der Waals surface area contributed by atoms with E-state index in [1.807, 2.05) is 0 Å². The van der Waals surface area contributed by atoms with Crippen molar-refractivity contribution in [1.29, 1.82) is 0 Å². The van der Waals surface area contributed by atoms with Gasteiger partial charge in [-0.1, -0.05) is 53.5 Å². The van der Waals surface area contributed by atoms with E-state index in [1.165, 1.54) is 31.4 Å². The second kappa shape index (κ2) is 11.5. The van der Waals surface area contributed by atoms with Crippen LogP contribution in [0.25, 0.3) is 6.08 Å². The van der Waals surface area contributed by atoms with Gasteiger partial charge in [0.05, 0.1) is 27.6 Å². The van der Waals surface area contributed by atoms with Gasteiger partial charge in [0.15, 0.2) is 11.5 Å². The van der Waals surface area contributed by atoms with Crippen LogP contribution >= 0.6 is 35.0 Å². The Morgan fingerprint density at radius 3 is 2.41 bits per heavy atom. The fourth-order valence-electron chi connectivity index (χ4n) is 3.35. The number of para-hydroxylation sites is 1. The summed E-state index contributed by atoms with van der Waals surface area (Å²) >= 11 is 13.1. The van der Waals surface area contributed by atoms with Crippen LogP contribution in [0.3, 0.4) is 0 Å². The van der Waals surface area contributed by atoms with E-state index in [1.54, 1.807) is 48.5 Å². The maximum absolute atomic E-state index is 12.8. The molecule has 1 aliphatic heterocycles. The zero-order chi connectivity index (χ0) is 26.5. The number of nitrogens with one attached hydrogen (secondary N) is 1. The molecule has 1 fully saturated rings. The van der Waals surface area contributed by atoms with Crippen molar-refractivity contribution in [2.75, 3.05) is 19.0 Å². The summed E-state index contributed by atoms with van der Waals surface area (Å²) in [6.07, 6.45) is 1.44. The van der Waals surface area contributed by atoms with Gasteiger partial charge >= 0.3 is 5.97 Å². The molecule has 1 N–H and O–H groups in total. The minimum absolute atomic E-state index is 0.0306. The number of halogens is 2. The molecule has 11 heteroatoms. The van der Waals surface area contributed by atoms with Crippen LogP contribution in [0.4, 0.5) is 10.5 Å². The maximum atomic E-state index is 12.8. The van der Waals surface area contributed by atoms with Crippen LogP contribution in [0.15, 0.2) is 71.6 Å². The van der Waals surface area contributed by atoms with Crippen LogP contribution in [-0.2, 0) is 9.59 Å². The van der Waals surface area contributed by atoms with Crippen molar-refractivity contribution in [3.63, 3.8) is 0 Å². The van der Waals surface area contributed by atoms with E-state index in [4.69, 9.17) is 32.7 Å². The molecule has 0 bridgehead atoms. The lowest BCUT2D eigenvalue weighted by Gasteiger charge is -2.13. The fraction of sp³-hybridized carbons (Fsp3) is 0.0769. The Labute approximate surface area is 226 Å². The average Bonchev–Trinajstić information content (AvgIpc) is 3.13. The molecular weight excluding hydrogens is 539 g/mol. The lowest BCUT2D eigenvalue weighted by molar-refractivity contribution is -0.127. The first-order valence-electron chi connectivity index (χ1n) is 10.7. The summed E-state index contributed by atoms with van der Waals surface area (Å²) in [5.41, 5.74) is 1.11. The van der Waals surface area contributed by atoms with E-state index in [0.29, 0.717) is 23.0 Å². The van der Waals surface area contributed by atoms with E-state index in [0.717, 1.165) is 4.90 Å². The first-order chi connectivity index (χ1) is 17.8. The summed E-state index contributed by atoms with van der Waals surface area (Å²) in [7, 11) is 1.36. The van der Waals surface area contributed by atoms with Crippen molar-refractivity contribution >= 4 is 69.8 Å². The minimum atomic E-state index is -0.728. The van der Waals surface area contributed by atoms with Gasteiger partial charge in [-0.05, 0) is 59.8 Å². The number of anilines is 1. The summed E-state index contributed by atoms with van der Waals surface area (Å²) in [6.45, 7) is -0.433. The molecule has 0 saturated carbocycles. The molecule has 0 aromatic heterocycles. The predicted octanol–water partition coefficient (Wildman–Crippen LogP) is 5.90. The van der Waals surface area contributed by atoms with Crippen molar-refractivity contribution in [1.82, 2.24) is 4.90 Å². The monoisotopic (exact) mass is 556 g/mol. The highest BCUT2D eigenvalue weighted by Crippen LogP contribution is 2.39. The molecule has 1 aliphatic rings. The first kappa shape index (κ1) is 26.3. The van der Waals surface area contributed by atoms with Crippen molar-refractivity contribution < 1.29 is 28.7 Å². The summed E-state index contributed by atoms with van der Waals surface area (Å²) in [5.74, 6) is -1.77. The molecule has 3 aromatic carbocycles. The Morgan fingerprint density at radius 2 is 1.70 bits per heavy atom. The topological polar surface area (TPSA) is 102 Å². The maximum Gasteiger partial charge on any atom is 0.345 e. The van der Waals surface area contributed by atoms with Gasteiger partial charge < -0.3 is 14.8 Å². The number of methoxy groups -OCH3 is 1. The number of ether oxygens (including phenoxy) is 2. The zero-order valence-electron chi connectivity index (χ0n) is 19.2. The number of carbonyl (C=O) groups excluding carboxylic acids is 4.